The van der Waals surface area contributed by atoms with E-state index in [1.165, 1.54) is 0 Å². The summed E-state index contributed by atoms with van der Waals surface area (Å²) >= 11 is 2.18. The Hall–Kier alpha value is -1.35. The molecule has 2 amide bonds. The number of benzene rings is 1. The van der Waals surface area contributed by atoms with E-state index in [-0.39, 0.29) is 13.0 Å². The fraction of sp³-hybridized carbons (Fsp3) is 0.385. The van der Waals surface area contributed by atoms with Gasteiger partial charge in [0, 0.05) is 15.7 Å². The fourth-order valence-electron chi connectivity index (χ4n) is 2.26. The van der Waals surface area contributed by atoms with E-state index in [2.05, 4.69) is 27.9 Å². The van der Waals surface area contributed by atoms with Crippen molar-refractivity contribution in [1.29, 1.82) is 0 Å². The highest BCUT2D eigenvalue weighted by molar-refractivity contribution is 14.1. The van der Waals surface area contributed by atoms with Crippen molar-refractivity contribution in [3.05, 3.63) is 27.3 Å². The van der Waals surface area contributed by atoms with Crippen LogP contribution in [0.2, 0.25) is 0 Å². The summed E-state index contributed by atoms with van der Waals surface area (Å²) < 4.78 is 1.06. The van der Waals surface area contributed by atoms with Crippen molar-refractivity contribution in [2.75, 3.05) is 11.9 Å². The zero-order valence-electron chi connectivity index (χ0n) is 10.8. The van der Waals surface area contributed by atoms with Crippen molar-refractivity contribution in [2.24, 2.45) is 0 Å². The van der Waals surface area contributed by atoms with Crippen LogP contribution >= 0.6 is 22.6 Å². The highest BCUT2D eigenvalue weighted by atomic mass is 127. The van der Waals surface area contributed by atoms with Crippen molar-refractivity contribution >= 4 is 40.3 Å². The number of carbonyl (C=O) groups excluding carboxylic acids is 1. The molecule has 0 spiro atoms. The van der Waals surface area contributed by atoms with E-state index in [9.17, 15) is 14.7 Å². The number of aliphatic hydroxyl groups is 1. The van der Waals surface area contributed by atoms with E-state index in [0.717, 1.165) is 14.0 Å². The highest BCUT2D eigenvalue weighted by Gasteiger charge is 2.39. The Morgan fingerprint density at radius 2 is 2.15 bits per heavy atom. The van der Waals surface area contributed by atoms with Gasteiger partial charge in [-0.1, -0.05) is 0 Å². The van der Waals surface area contributed by atoms with E-state index in [0.29, 0.717) is 5.69 Å². The minimum Gasteiger partial charge on any atom is -0.465 e. The molecule has 108 valence electrons. The Labute approximate surface area is 129 Å². The molecular formula is C13H15IN2O4. The molecular weight excluding hydrogens is 375 g/mol. The Balaban J connectivity index is 2.13. The lowest BCUT2D eigenvalue weighted by Crippen LogP contribution is -2.42. The lowest BCUT2D eigenvalue weighted by atomic mass is 10.1. The molecule has 6 nitrogen and oxygen atoms in total. The van der Waals surface area contributed by atoms with Crippen LogP contribution in [0.25, 0.3) is 0 Å². The molecule has 3 N–H and O–H groups in total. The number of carbonyl (C=O) groups is 2. The van der Waals surface area contributed by atoms with Crippen LogP contribution in [0.5, 0.6) is 0 Å². The molecule has 2 rings (SSSR count). The minimum absolute atomic E-state index is 0.0287. The molecule has 0 aromatic heterocycles. The van der Waals surface area contributed by atoms with Crippen LogP contribution < -0.4 is 5.32 Å². The fourth-order valence-corrected chi connectivity index (χ4v) is 2.90. The number of β-amino-alcohol motifs (C(OH)–C–C–N with tert-alkyl or cyclic N) is 1. The molecule has 20 heavy (non-hydrogen) atoms. The molecule has 1 heterocycles. The number of nitrogens with one attached hydrogen (secondary N) is 1. The van der Waals surface area contributed by atoms with Crippen molar-refractivity contribution < 1.29 is 19.8 Å². The van der Waals surface area contributed by atoms with Crippen molar-refractivity contribution in [3.8, 4) is 0 Å². The van der Waals surface area contributed by atoms with Gasteiger partial charge in [0.05, 0.1) is 12.6 Å². The molecule has 1 aliphatic rings. The molecule has 1 fully saturated rings. The number of anilines is 1. The average molecular weight is 390 g/mol. The predicted octanol–water partition coefficient (Wildman–Crippen LogP) is 1.65. The number of hydrogen-bond acceptors (Lipinski definition) is 3. The second-order valence-corrected chi connectivity index (χ2v) is 6.03. The Kier molecular flexibility index (Phi) is 4.48. The molecule has 2 atom stereocenters. The van der Waals surface area contributed by atoms with Gasteiger partial charge in [-0.25, -0.2) is 4.79 Å². The molecule has 2 unspecified atom stereocenters. The first kappa shape index (κ1) is 15.0. The Morgan fingerprint density at radius 3 is 2.75 bits per heavy atom. The van der Waals surface area contributed by atoms with Gasteiger partial charge in [-0.15, -0.1) is 0 Å². The van der Waals surface area contributed by atoms with Gasteiger partial charge >= 0.3 is 6.09 Å². The van der Waals surface area contributed by atoms with Gasteiger partial charge in [0.2, 0.25) is 5.91 Å². The predicted molar refractivity (Wildman–Crippen MR) is 81.7 cm³/mol. The summed E-state index contributed by atoms with van der Waals surface area (Å²) in [6, 6.07) is 4.73. The molecule has 1 saturated heterocycles. The third-order valence-corrected chi connectivity index (χ3v) is 3.94. The lowest BCUT2D eigenvalue weighted by molar-refractivity contribution is -0.120. The maximum atomic E-state index is 12.2. The number of aliphatic hydroxyl groups excluding tert-OH is 1. The second-order valence-electron chi connectivity index (χ2n) is 4.79. The van der Waals surface area contributed by atoms with Gasteiger partial charge < -0.3 is 15.5 Å². The van der Waals surface area contributed by atoms with Crippen molar-refractivity contribution in [2.45, 2.75) is 25.5 Å². The number of nitrogens with zero attached hydrogens (tertiary/aromatic N) is 1. The first-order valence-electron chi connectivity index (χ1n) is 6.13. The summed E-state index contributed by atoms with van der Waals surface area (Å²) in [4.78, 5) is 24.2. The van der Waals surface area contributed by atoms with Crippen LogP contribution in [0, 0.1) is 10.5 Å². The molecule has 1 aromatic rings. The molecule has 1 aromatic carbocycles. The summed E-state index contributed by atoms with van der Waals surface area (Å²) in [5.74, 6) is -0.409. The van der Waals surface area contributed by atoms with E-state index >= 15 is 0 Å². The average Bonchev–Trinajstić information content (AvgIpc) is 2.75. The van der Waals surface area contributed by atoms with Crippen LogP contribution in [0.4, 0.5) is 10.5 Å². The number of amides is 2. The smallest absolute Gasteiger partial charge is 0.408 e. The normalized spacial score (nSPS) is 21.9. The SMILES string of the molecule is Cc1cc(I)ccc1NC(=O)C1CC(O)CN1C(=O)O. The number of rotatable bonds is 2. The van der Waals surface area contributed by atoms with Gasteiger partial charge in [0.25, 0.3) is 0 Å². The molecule has 1 aliphatic heterocycles. The summed E-state index contributed by atoms with van der Waals surface area (Å²) in [5.41, 5.74) is 1.56. The maximum absolute atomic E-state index is 12.2. The first-order valence-corrected chi connectivity index (χ1v) is 7.21. The van der Waals surface area contributed by atoms with E-state index in [1.54, 1.807) is 6.07 Å². The van der Waals surface area contributed by atoms with Crippen molar-refractivity contribution in [1.82, 2.24) is 4.90 Å². The van der Waals surface area contributed by atoms with Gasteiger partial charge in [-0.05, 0) is 53.3 Å². The number of hydrogen-bond donors (Lipinski definition) is 3. The standard InChI is InChI=1S/C13H15IN2O4/c1-7-4-8(14)2-3-10(7)15-12(18)11-5-9(17)6-16(11)13(19)20/h2-4,9,11,17H,5-6H2,1H3,(H,15,18)(H,19,20). The zero-order valence-corrected chi connectivity index (χ0v) is 13.0. The van der Waals surface area contributed by atoms with E-state index in [1.807, 2.05) is 19.1 Å². The van der Waals surface area contributed by atoms with Gasteiger partial charge in [-0.3, -0.25) is 9.69 Å². The molecule has 0 bridgehead atoms. The monoisotopic (exact) mass is 390 g/mol. The van der Waals surface area contributed by atoms with Gasteiger partial charge in [0.1, 0.15) is 6.04 Å². The third-order valence-electron chi connectivity index (χ3n) is 3.27. The number of halogens is 1. The van der Waals surface area contributed by atoms with Crippen LogP contribution in [0.3, 0.4) is 0 Å². The first-order chi connectivity index (χ1) is 9.38. The second kappa shape index (κ2) is 5.96. The minimum atomic E-state index is -1.19. The van der Waals surface area contributed by atoms with E-state index < -0.39 is 24.1 Å². The Bertz CT molecular complexity index is 549. The summed E-state index contributed by atoms with van der Waals surface area (Å²) in [6.45, 7) is 1.84. The van der Waals surface area contributed by atoms with Gasteiger partial charge in [0.15, 0.2) is 0 Å². The van der Waals surface area contributed by atoms with Crippen LogP contribution in [0.1, 0.15) is 12.0 Å². The lowest BCUT2D eigenvalue weighted by Gasteiger charge is -2.20. The largest absolute Gasteiger partial charge is 0.465 e. The van der Waals surface area contributed by atoms with Crippen LogP contribution in [-0.2, 0) is 4.79 Å². The molecule has 7 heteroatoms. The van der Waals surface area contributed by atoms with E-state index in [4.69, 9.17) is 5.11 Å². The maximum Gasteiger partial charge on any atom is 0.408 e. The summed E-state index contributed by atoms with van der Waals surface area (Å²) in [7, 11) is 0. The highest BCUT2D eigenvalue weighted by Crippen LogP contribution is 2.22. The zero-order chi connectivity index (χ0) is 14.9. The number of likely N-dealkylation sites (tertiary alicyclic amines) is 1. The molecule has 0 saturated carbocycles. The number of aryl methyl sites for hydroxylation is 1. The quantitative estimate of drug-likeness (QED) is 0.670. The van der Waals surface area contributed by atoms with Crippen LogP contribution in [-0.4, -0.2) is 45.8 Å². The Morgan fingerprint density at radius 1 is 1.45 bits per heavy atom. The molecule has 0 aliphatic carbocycles. The molecule has 0 radical (unpaired) electrons. The van der Waals surface area contributed by atoms with Gasteiger partial charge in [-0.2, -0.15) is 0 Å². The van der Waals surface area contributed by atoms with Crippen LogP contribution in [0.15, 0.2) is 18.2 Å². The topological polar surface area (TPSA) is 89.9 Å². The van der Waals surface area contributed by atoms with Crippen molar-refractivity contribution in [3.63, 3.8) is 0 Å². The number of carboxylic acid groups (broad SMARTS) is 1. The summed E-state index contributed by atoms with van der Waals surface area (Å²) in [5, 5.41) is 21.3. The third kappa shape index (κ3) is 3.21. The summed E-state index contributed by atoms with van der Waals surface area (Å²) in [6.07, 6.45) is -1.86.